The molecule has 74 valence electrons. The van der Waals surface area contributed by atoms with Crippen LogP contribution >= 0.6 is 0 Å². The van der Waals surface area contributed by atoms with Crippen LogP contribution in [0.5, 0.6) is 0 Å². The van der Waals surface area contributed by atoms with Crippen molar-refractivity contribution in [1.82, 2.24) is 5.32 Å². The highest BCUT2D eigenvalue weighted by Crippen LogP contribution is 2.28. The van der Waals surface area contributed by atoms with E-state index in [1.165, 1.54) is 0 Å². The zero-order valence-corrected chi connectivity index (χ0v) is 8.13. The molecule has 3 N–H and O–H groups in total. The van der Waals surface area contributed by atoms with Crippen LogP contribution in [0.2, 0.25) is 0 Å². The van der Waals surface area contributed by atoms with Crippen LogP contribution < -0.4 is 11.1 Å². The van der Waals surface area contributed by atoms with Crippen LogP contribution in [-0.2, 0) is 4.84 Å². The lowest BCUT2D eigenvalue weighted by molar-refractivity contribution is 0.00830. The van der Waals surface area contributed by atoms with E-state index in [1.807, 2.05) is 0 Å². The van der Waals surface area contributed by atoms with Gasteiger partial charge < -0.3 is 10.6 Å². The number of hydrogen-bond acceptors (Lipinski definition) is 3. The lowest BCUT2D eigenvalue weighted by Crippen LogP contribution is -2.36. The Hall–Kier alpha value is -1.26. The highest BCUT2D eigenvalue weighted by molar-refractivity contribution is 5.97. The molecule has 0 saturated heterocycles. The van der Waals surface area contributed by atoms with Gasteiger partial charge in [0.1, 0.15) is 6.10 Å². The first kappa shape index (κ1) is 9.83. The molecule has 1 unspecified atom stereocenters. The second-order valence-electron chi connectivity index (χ2n) is 4.19. The molecule has 1 heterocycles. The summed E-state index contributed by atoms with van der Waals surface area (Å²) in [7, 11) is 0. The zero-order chi connectivity index (χ0) is 10.1. The van der Waals surface area contributed by atoms with E-state index >= 15 is 0 Å². The number of primary amides is 1. The summed E-state index contributed by atoms with van der Waals surface area (Å²) in [6, 6.07) is -0.600. The summed E-state index contributed by atoms with van der Waals surface area (Å²) < 4.78 is 0. The summed E-state index contributed by atoms with van der Waals surface area (Å²) in [4.78, 5) is 15.6. The van der Waals surface area contributed by atoms with E-state index in [0.29, 0.717) is 12.3 Å². The maximum Gasteiger partial charge on any atom is 0.317 e. The highest BCUT2D eigenvalue weighted by atomic mass is 16.6. The van der Waals surface area contributed by atoms with Gasteiger partial charge in [-0.1, -0.05) is 25.9 Å². The summed E-state index contributed by atoms with van der Waals surface area (Å²) in [6.45, 7) is 6.17. The molecule has 0 aromatic carbocycles. The SMILES string of the molecule is CC(C)(C)C1CC(NC(N)=O)=NO1. The molecule has 0 aromatic heterocycles. The molecule has 0 radical (unpaired) electrons. The third-order valence-corrected chi connectivity index (χ3v) is 1.90. The van der Waals surface area contributed by atoms with E-state index in [0.717, 1.165) is 0 Å². The third-order valence-electron chi connectivity index (χ3n) is 1.90. The molecular formula is C8H15N3O2. The predicted molar refractivity (Wildman–Crippen MR) is 49.1 cm³/mol. The number of rotatable bonds is 0. The Morgan fingerprint density at radius 1 is 1.69 bits per heavy atom. The average Bonchev–Trinajstić information content (AvgIpc) is 2.32. The fourth-order valence-corrected chi connectivity index (χ4v) is 1.06. The van der Waals surface area contributed by atoms with Crippen molar-refractivity contribution in [2.75, 3.05) is 0 Å². The van der Waals surface area contributed by atoms with Crippen LogP contribution in [0.3, 0.4) is 0 Å². The summed E-state index contributed by atoms with van der Waals surface area (Å²) in [5.74, 6) is 0.507. The molecule has 5 nitrogen and oxygen atoms in total. The fraction of sp³-hybridized carbons (Fsp3) is 0.750. The summed E-state index contributed by atoms with van der Waals surface area (Å²) in [5.41, 5.74) is 4.96. The number of carbonyl (C=O) groups excluding carboxylic acids is 1. The van der Waals surface area contributed by atoms with Crippen molar-refractivity contribution in [2.45, 2.75) is 33.3 Å². The van der Waals surface area contributed by atoms with Crippen molar-refractivity contribution >= 4 is 11.9 Å². The molecular weight excluding hydrogens is 170 g/mol. The summed E-state index contributed by atoms with van der Waals surface area (Å²) in [6.07, 6.45) is 0.612. The molecule has 1 aliphatic rings. The maximum atomic E-state index is 10.5. The van der Waals surface area contributed by atoms with Crippen LogP contribution in [0.1, 0.15) is 27.2 Å². The standard InChI is InChI=1S/C8H15N3O2/c1-8(2,3)5-4-6(11-13-5)10-7(9)12/h5H,4H2,1-3H3,(H3,9,10,11,12). The molecule has 0 saturated carbocycles. The minimum atomic E-state index is -0.600. The largest absolute Gasteiger partial charge is 0.390 e. The van der Waals surface area contributed by atoms with E-state index in [1.54, 1.807) is 0 Å². The first-order valence-corrected chi connectivity index (χ1v) is 4.19. The van der Waals surface area contributed by atoms with Gasteiger partial charge in [0.15, 0.2) is 5.84 Å². The molecule has 0 bridgehead atoms. The van der Waals surface area contributed by atoms with E-state index in [2.05, 4.69) is 31.2 Å². The molecule has 0 aliphatic carbocycles. The maximum absolute atomic E-state index is 10.5. The van der Waals surface area contributed by atoms with Gasteiger partial charge in [0.25, 0.3) is 0 Å². The number of urea groups is 1. The van der Waals surface area contributed by atoms with Crippen molar-refractivity contribution in [3.8, 4) is 0 Å². The molecule has 1 atom stereocenters. The number of nitrogens with zero attached hydrogens (tertiary/aromatic N) is 1. The van der Waals surface area contributed by atoms with Gasteiger partial charge in [0, 0.05) is 11.8 Å². The number of nitrogens with two attached hydrogens (primary N) is 1. The van der Waals surface area contributed by atoms with Gasteiger partial charge in [-0.15, -0.1) is 0 Å². The molecule has 1 aliphatic heterocycles. The first-order chi connectivity index (χ1) is 5.89. The number of nitrogens with one attached hydrogen (secondary N) is 1. The quantitative estimate of drug-likeness (QED) is 0.585. The number of oxime groups is 1. The van der Waals surface area contributed by atoms with Crippen LogP contribution in [0.15, 0.2) is 5.16 Å². The topological polar surface area (TPSA) is 76.7 Å². The lowest BCUT2D eigenvalue weighted by Gasteiger charge is -2.23. The minimum absolute atomic E-state index is 0.00866. The Morgan fingerprint density at radius 2 is 2.31 bits per heavy atom. The number of amides is 2. The molecule has 0 spiro atoms. The van der Waals surface area contributed by atoms with Crippen molar-refractivity contribution in [3.05, 3.63) is 0 Å². The molecule has 2 amide bonds. The number of hydrogen-bond donors (Lipinski definition) is 2. The van der Waals surface area contributed by atoms with Crippen molar-refractivity contribution in [3.63, 3.8) is 0 Å². The highest BCUT2D eigenvalue weighted by Gasteiger charge is 2.32. The van der Waals surface area contributed by atoms with Gasteiger partial charge in [-0.3, -0.25) is 5.32 Å². The Bertz CT molecular complexity index is 242. The Morgan fingerprint density at radius 3 is 2.69 bits per heavy atom. The minimum Gasteiger partial charge on any atom is -0.390 e. The van der Waals surface area contributed by atoms with Gasteiger partial charge >= 0.3 is 6.03 Å². The van der Waals surface area contributed by atoms with Gasteiger partial charge in [-0.25, -0.2) is 4.79 Å². The molecule has 1 rings (SSSR count). The Balaban J connectivity index is 2.47. The van der Waals surface area contributed by atoms with E-state index < -0.39 is 6.03 Å². The zero-order valence-electron chi connectivity index (χ0n) is 8.13. The van der Waals surface area contributed by atoms with Gasteiger partial charge in [-0.05, 0) is 0 Å². The van der Waals surface area contributed by atoms with Crippen molar-refractivity contribution < 1.29 is 9.63 Å². The third kappa shape index (κ3) is 2.61. The second kappa shape index (κ2) is 3.24. The second-order valence-corrected chi connectivity index (χ2v) is 4.19. The van der Waals surface area contributed by atoms with Crippen LogP contribution in [-0.4, -0.2) is 18.0 Å². The van der Waals surface area contributed by atoms with Crippen molar-refractivity contribution in [2.24, 2.45) is 16.3 Å². The van der Waals surface area contributed by atoms with Crippen molar-refractivity contribution in [1.29, 1.82) is 0 Å². The van der Waals surface area contributed by atoms with Crippen LogP contribution in [0.4, 0.5) is 4.79 Å². The number of amidine groups is 1. The Kier molecular flexibility index (Phi) is 2.45. The summed E-state index contributed by atoms with van der Waals surface area (Å²) >= 11 is 0. The van der Waals surface area contributed by atoms with Gasteiger partial charge in [-0.2, -0.15) is 0 Å². The Labute approximate surface area is 77.3 Å². The normalized spacial score (nSPS) is 22.1. The molecule has 5 heteroatoms. The van der Waals surface area contributed by atoms with Crippen LogP contribution in [0.25, 0.3) is 0 Å². The van der Waals surface area contributed by atoms with E-state index in [4.69, 9.17) is 10.6 Å². The molecule has 13 heavy (non-hydrogen) atoms. The fourth-order valence-electron chi connectivity index (χ4n) is 1.06. The average molecular weight is 185 g/mol. The number of carbonyl (C=O) groups is 1. The van der Waals surface area contributed by atoms with E-state index in [-0.39, 0.29) is 11.5 Å². The monoisotopic (exact) mass is 185 g/mol. The smallest absolute Gasteiger partial charge is 0.317 e. The molecule has 0 aromatic rings. The van der Waals surface area contributed by atoms with Gasteiger partial charge in [0.2, 0.25) is 0 Å². The molecule has 0 fully saturated rings. The van der Waals surface area contributed by atoms with Crippen LogP contribution in [0, 0.1) is 5.41 Å². The summed E-state index contributed by atoms with van der Waals surface area (Å²) in [5, 5.41) is 6.14. The first-order valence-electron chi connectivity index (χ1n) is 4.19. The predicted octanol–water partition coefficient (Wildman–Crippen LogP) is 0.803. The lowest BCUT2D eigenvalue weighted by atomic mass is 9.87. The van der Waals surface area contributed by atoms with Gasteiger partial charge in [0.05, 0.1) is 0 Å². The van der Waals surface area contributed by atoms with E-state index in [9.17, 15) is 4.79 Å².